The van der Waals surface area contributed by atoms with E-state index in [0.29, 0.717) is 18.5 Å². The van der Waals surface area contributed by atoms with Crippen LogP contribution in [0.3, 0.4) is 0 Å². The lowest BCUT2D eigenvalue weighted by Gasteiger charge is -2.41. The fraction of sp³-hybridized carbons (Fsp3) is 0.933. The molecule has 2 N–H and O–H groups in total. The van der Waals surface area contributed by atoms with Crippen molar-refractivity contribution < 1.29 is 9.90 Å². The Kier molecular flexibility index (Phi) is 5.04. The average Bonchev–Trinajstić information content (AvgIpc) is 3.23. The third-order valence-corrected chi connectivity index (χ3v) is 4.76. The summed E-state index contributed by atoms with van der Waals surface area (Å²) < 4.78 is 0. The second kappa shape index (κ2) is 6.41. The van der Waals surface area contributed by atoms with Crippen molar-refractivity contribution >= 4 is 5.97 Å². The molecule has 0 aromatic carbocycles. The van der Waals surface area contributed by atoms with E-state index in [-0.39, 0.29) is 0 Å². The Balaban J connectivity index is 1.97. The lowest BCUT2D eigenvalue weighted by Crippen LogP contribution is -2.63. The molecule has 1 saturated heterocycles. The van der Waals surface area contributed by atoms with Gasteiger partial charge in [0.05, 0.1) is 0 Å². The largest absolute Gasteiger partial charge is 0.480 e. The Bertz CT molecular complexity index is 336. The molecule has 0 amide bonds. The fourth-order valence-corrected chi connectivity index (χ4v) is 3.33. The zero-order valence-corrected chi connectivity index (χ0v) is 13.1. The minimum Gasteiger partial charge on any atom is -0.480 e. The van der Waals surface area contributed by atoms with Crippen molar-refractivity contribution in [2.45, 2.75) is 45.2 Å². The number of carbonyl (C=O) groups is 1. The zero-order chi connectivity index (χ0) is 14.8. The van der Waals surface area contributed by atoms with Gasteiger partial charge in [-0.2, -0.15) is 0 Å². The van der Waals surface area contributed by atoms with Crippen molar-refractivity contribution in [1.29, 1.82) is 0 Å². The van der Waals surface area contributed by atoms with E-state index in [9.17, 15) is 9.90 Å². The Morgan fingerprint density at radius 2 is 1.90 bits per heavy atom. The predicted molar refractivity (Wildman–Crippen MR) is 79.9 cm³/mol. The van der Waals surface area contributed by atoms with Crippen molar-refractivity contribution in [3.05, 3.63) is 0 Å². The van der Waals surface area contributed by atoms with Gasteiger partial charge in [0.1, 0.15) is 5.54 Å². The maximum atomic E-state index is 11.8. The van der Waals surface area contributed by atoms with Crippen LogP contribution < -0.4 is 5.32 Å². The van der Waals surface area contributed by atoms with E-state index in [2.05, 4.69) is 29.0 Å². The molecular formula is C15H29N3O2. The lowest BCUT2D eigenvalue weighted by atomic mass is 9.92. The van der Waals surface area contributed by atoms with E-state index in [1.54, 1.807) is 0 Å². The van der Waals surface area contributed by atoms with Crippen molar-refractivity contribution in [1.82, 2.24) is 15.1 Å². The quantitative estimate of drug-likeness (QED) is 0.726. The highest BCUT2D eigenvalue weighted by molar-refractivity contribution is 5.80. The lowest BCUT2D eigenvalue weighted by molar-refractivity contribution is -0.147. The SMILES string of the molecule is CCNC(CN1CCN(C(C)C)CC1)(C(=O)O)C1CC1. The highest BCUT2D eigenvalue weighted by Gasteiger charge is 2.51. The Labute approximate surface area is 122 Å². The molecule has 2 aliphatic rings. The van der Waals surface area contributed by atoms with Gasteiger partial charge in [-0.05, 0) is 39.2 Å². The minimum absolute atomic E-state index is 0.308. The number of rotatable bonds is 7. The molecule has 5 heteroatoms. The van der Waals surface area contributed by atoms with Crippen LogP contribution in [0.25, 0.3) is 0 Å². The first kappa shape index (κ1) is 15.7. The minimum atomic E-state index is -0.727. The summed E-state index contributed by atoms with van der Waals surface area (Å²) in [6, 6.07) is 0.582. The normalized spacial score (nSPS) is 24.8. The molecule has 1 aliphatic heterocycles. The average molecular weight is 283 g/mol. The van der Waals surface area contributed by atoms with Crippen LogP contribution in [0.4, 0.5) is 0 Å². The van der Waals surface area contributed by atoms with Gasteiger partial charge in [-0.1, -0.05) is 6.92 Å². The van der Waals surface area contributed by atoms with Crippen LogP contribution in [0, 0.1) is 5.92 Å². The molecule has 20 heavy (non-hydrogen) atoms. The van der Waals surface area contributed by atoms with Crippen LogP contribution in [0.5, 0.6) is 0 Å². The van der Waals surface area contributed by atoms with Crippen molar-refractivity contribution in [3.63, 3.8) is 0 Å². The molecular weight excluding hydrogens is 254 g/mol. The van der Waals surface area contributed by atoms with Gasteiger partial charge in [-0.15, -0.1) is 0 Å². The maximum Gasteiger partial charge on any atom is 0.325 e. The predicted octanol–water partition coefficient (Wildman–Crippen LogP) is 0.855. The van der Waals surface area contributed by atoms with E-state index in [4.69, 9.17) is 0 Å². The zero-order valence-electron chi connectivity index (χ0n) is 13.1. The number of nitrogens with one attached hydrogen (secondary N) is 1. The monoisotopic (exact) mass is 283 g/mol. The van der Waals surface area contributed by atoms with Crippen molar-refractivity contribution in [3.8, 4) is 0 Å². The molecule has 0 radical (unpaired) electrons. The first-order valence-corrected chi connectivity index (χ1v) is 7.94. The van der Waals surface area contributed by atoms with Gasteiger partial charge in [0.25, 0.3) is 0 Å². The fourth-order valence-electron chi connectivity index (χ4n) is 3.33. The summed E-state index contributed by atoms with van der Waals surface area (Å²) in [6.45, 7) is 11.9. The summed E-state index contributed by atoms with van der Waals surface area (Å²) in [7, 11) is 0. The summed E-state index contributed by atoms with van der Waals surface area (Å²) >= 11 is 0. The molecule has 5 nitrogen and oxygen atoms in total. The molecule has 1 aliphatic carbocycles. The van der Waals surface area contributed by atoms with Gasteiger partial charge in [-0.25, -0.2) is 0 Å². The number of hydrogen-bond acceptors (Lipinski definition) is 4. The van der Waals surface area contributed by atoms with E-state index in [1.165, 1.54) is 0 Å². The first-order chi connectivity index (χ1) is 9.49. The molecule has 1 unspecified atom stereocenters. The molecule has 0 bridgehead atoms. The molecule has 116 valence electrons. The second-order valence-corrected chi connectivity index (χ2v) is 6.49. The van der Waals surface area contributed by atoms with Crippen molar-refractivity contribution in [2.75, 3.05) is 39.3 Å². The number of carboxylic acid groups (broad SMARTS) is 1. The van der Waals surface area contributed by atoms with Crippen LogP contribution in [0.1, 0.15) is 33.6 Å². The molecule has 2 rings (SSSR count). The standard InChI is InChI=1S/C15H29N3O2/c1-4-16-15(14(19)20,13-5-6-13)11-17-7-9-18(10-8-17)12(2)3/h12-13,16H,4-11H2,1-3H3,(H,19,20). The van der Waals surface area contributed by atoms with Gasteiger partial charge in [0.15, 0.2) is 0 Å². The van der Waals surface area contributed by atoms with E-state index in [0.717, 1.165) is 45.6 Å². The molecule has 2 fully saturated rings. The van der Waals surface area contributed by atoms with Gasteiger partial charge >= 0.3 is 5.97 Å². The number of likely N-dealkylation sites (N-methyl/N-ethyl adjacent to an activating group) is 1. The Hall–Kier alpha value is -0.650. The number of nitrogens with zero attached hydrogens (tertiary/aromatic N) is 2. The molecule has 1 atom stereocenters. The molecule has 0 aromatic rings. The van der Waals surface area contributed by atoms with Gasteiger partial charge in [0.2, 0.25) is 0 Å². The third-order valence-electron chi connectivity index (χ3n) is 4.76. The number of piperazine rings is 1. The van der Waals surface area contributed by atoms with Crippen LogP contribution in [0.15, 0.2) is 0 Å². The summed E-state index contributed by atoms with van der Waals surface area (Å²) in [4.78, 5) is 16.6. The van der Waals surface area contributed by atoms with Gasteiger partial charge in [0, 0.05) is 38.8 Å². The summed E-state index contributed by atoms with van der Waals surface area (Å²) in [5.74, 6) is -0.365. The highest BCUT2D eigenvalue weighted by atomic mass is 16.4. The number of hydrogen-bond donors (Lipinski definition) is 2. The van der Waals surface area contributed by atoms with Crippen LogP contribution in [-0.2, 0) is 4.79 Å². The summed E-state index contributed by atoms with van der Waals surface area (Å²) in [5, 5.41) is 13.0. The summed E-state index contributed by atoms with van der Waals surface area (Å²) in [5.41, 5.74) is -0.727. The van der Waals surface area contributed by atoms with E-state index < -0.39 is 11.5 Å². The smallest absolute Gasteiger partial charge is 0.325 e. The maximum absolute atomic E-state index is 11.8. The third kappa shape index (κ3) is 3.32. The number of aliphatic carboxylic acids is 1. The molecule has 1 heterocycles. The molecule has 1 saturated carbocycles. The van der Waals surface area contributed by atoms with E-state index >= 15 is 0 Å². The Morgan fingerprint density at radius 1 is 1.30 bits per heavy atom. The van der Waals surface area contributed by atoms with Crippen molar-refractivity contribution in [2.24, 2.45) is 5.92 Å². The van der Waals surface area contributed by atoms with E-state index in [1.807, 2.05) is 6.92 Å². The molecule has 0 aromatic heterocycles. The van der Waals surface area contributed by atoms with Gasteiger partial charge in [-0.3, -0.25) is 14.6 Å². The highest BCUT2D eigenvalue weighted by Crippen LogP contribution is 2.40. The Morgan fingerprint density at radius 3 is 2.30 bits per heavy atom. The molecule has 0 spiro atoms. The first-order valence-electron chi connectivity index (χ1n) is 7.94. The van der Waals surface area contributed by atoms with Crippen LogP contribution in [-0.4, -0.2) is 71.7 Å². The summed E-state index contributed by atoms with van der Waals surface area (Å²) in [6.07, 6.45) is 2.09. The van der Waals surface area contributed by atoms with Gasteiger partial charge < -0.3 is 10.4 Å². The second-order valence-electron chi connectivity index (χ2n) is 6.49. The number of carboxylic acids is 1. The van der Waals surface area contributed by atoms with Crippen LogP contribution in [0.2, 0.25) is 0 Å². The topological polar surface area (TPSA) is 55.8 Å². The van der Waals surface area contributed by atoms with Crippen LogP contribution >= 0.6 is 0 Å².